The standard InChI is InChI=1S/C22H42O2/c1-5-6-7-11-14-19(4)17-22-21(24-22)16-13-10-8-9-12-15-20(23)18(2)3/h18-19,21-22H,5-17H2,1-4H3. The van der Waals surface area contributed by atoms with Crippen LogP contribution in [0.3, 0.4) is 0 Å². The van der Waals surface area contributed by atoms with Gasteiger partial charge in [-0.3, -0.25) is 4.79 Å². The van der Waals surface area contributed by atoms with Gasteiger partial charge in [-0.15, -0.1) is 0 Å². The van der Waals surface area contributed by atoms with Crippen LogP contribution in [0.15, 0.2) is 0 Å². The second-order valence-electron chi connectivity index (χ2n) is 8.33. The number of Topliss-reactive ketones (excluding diaryl/α,β-unsaturated/α-hetero) is 1. The summed E-state index contributed by atoms with van der Waals surface area (Å²) in [6.07, 6.45) is 17.5. The number of epoxide rings is 1. The van der Waals surface area contributed by atoms with E-state index in [-0.39, 0.29) is 5.92 Å². The Morgan fingerprint density at radius 2 is 1.54 bits per heavy atom. The zero-order chi connectivity index (χ0) is 17.8. The number of carbonyl (C=O) groups is 1. The molecule has 3 unspecified atom stereocenters. The van der Waals surface area contributed by atoms with Gasteiger partial charge in [0.1, 0.15) is 5.78 Å². The molecule has 1 saturated heterocycles. The van der Waals surface area contributed by atoms with Crippen LogP contribution >= 0.6 is 0 Å². The molecule has 2 heteroatoms. The highest BCUT2D eigenvalue weighted by Gasteiger charge is 2.38. The van der Waals surface area contributed by atoms with Gasteiger partial charge in [-0.1, -0.05) is 85.5 Å². The third-order valence-corrected chi connectivity index (χ3v) is 5.43. The molecule has 2 nitrogen and oxygen atoms in total. The first-order valence-corrected chi connectivity index (χ1v) is 10.7. The smallest absolute Gasteiger partial charge is 0.135 e. The summed E-state index contributed by atoms with van der Waals surface area (Å²) in [6.45, 7) is 8.67. The second kappa shape index (κ2) is 12.9. The molecule has 1 aliphatic heterocycles. The van der Waals surface area contributed by atoms with Crippen LogP contribution in [0, 0.1) is 11.8 Å². The largest absolute Gasteiger partial charge is 0.370 e. The van der Waals surface area contributed by atoms with Crippen molar-refractivity contribution in [1.82, 2.24) is 0 Å². The molecule has 1 rings (SSSR count). The predicted molar refractivity (Wildman–Crippen MR) is 103 cm³/mol. The van der Waals surface area contributed by atoms with Crippen LogP contribution in [0.4, 0.5) is 0 Å². The van der Waals surface area contributed by atoms with Gasteiger partial charge in [0.25, 0.3) is 0 Å². The Bertz CT molecular complexity index is 324. The second-order valence-corrected chi connectivity index (χ2v) is 8.33. The third-order valence-electron chi connectivity index (χ3n) is 5.43. The summed E-state index contributed by atoms with van der Waals surface area (Å²) in [7, 11) is 0. The average Bonchev–Trinajstić information content (AvgIpc) is 3.28. The number of ether oxygens (including phenoxy) is 1. The van der Waals surface area contributed by atoms with E-state index in [1.54, 1.807) is 0 Å². The van der Waals surface area contributed by atoms with E-state index in [0.717, 1.165) is 18.8 Å². The molecule has 0 aromatic carbocycles. The van der Waals surface area contributed by atoms with Gasteiger partial charge in [-0.2, -0.15) is 0 Å². The topological polar surface area (TPSA) is 29.6 Å². The van der Waals surface area contributed by atoms with Crippen LogP contribution in [0.1, 0.15) is 111 Å². The highest BCUT2D eigenvalue weighted by atomic mass is 16.6. The van der Waals surface area contributed by atoms with E-state index < -0.39 is 0 Å². The Labute approximate surface area is 151 Å². The molecule has 0 aromatic rings. The van der Waals surface area contributed by atoms with Crippen molar-refractivity contribution in [2.45, 2.75) is 123 Å². The van der Waals surface area contributed by atoms with Crippen LogP contribution in [-0.4, -0.2) is 18.0 Å². The molecule has 0 aromatic heterocycles. The molecule has 3 atom stereocenters. The highest BCUT2D eigenvalue weighted by Crippen LogP contribution is 2.33. The minimum absolute atomic E-state index is 0.211. The fourth-order valence-electron chi connectivity index (χ4n) is 3.54. The molecule has 24 heavy (non-hydrogen) atoms. The summed E-state index contributed by atoms with van der Waals surface area (Å²) in [5.41, 5.74) is 0. The molecule has 0 amide bonds. The first-order chi connectivity index (χ1) is 11.5. The van der Waals surface area contributed by atoms with Crippen molar-refractivity contribution in [1.29, 1.82) is 0 Å². The molecule has 142 valence electrons. The molecule has 1 aliphatic rings. The summed E-state index contributed by atoms with van der Waals surface area (Å²) in [6, 6.07) is 0. The van der Waals surface area contributed by atoms with E-state index in [4.69, 9.17) is 4.74 Å². The summed E-state index contributed by atoms with van der Waals surface area (Å²) in [5, 5.41) is 0. The molecule has 0 radical (unpaired) electrons. The van der Waals surface area contributed by atoms with Crippen molar-refractivity contribution >= 4 is 5.78 Å². The number of rotatable bonds is 16. The Morgan fingerprint density at radius 3 is 2.25 bits per heavy atom. The minimum Gasteiger partial charge on any atom is -0.370 e. The van der Waals surface area contributed by atoms with Crippen molar-refractivity contribution in [3.63, 3.8) is 0 Å². The summed E-state index contributed by atoms with van der Waals surface area (Å²) in [4.78, 5) is 11.5. The number of hydrogen-bond donors (Lipinski definition) is 0. The van der Waals surface area contributed by atoms with Gasteiger partial charge in [0.2, 0.25) is 0 Å². The van der Waals surface area contributed by atoms with Crippen molar-refractivity contribution in [3.05, 3.63) is 0 Å². The van der Waals surface area contributed by atoms with Gasteiger partial charge >= 0.3 is 0 Å². The molecule has 1 heterocycles. The van der Waals surface area contributed by atoms with Crippen LogP contribution < -0.4 is 0 Å². The molecule has 0 saturated carbocycles. The van der Waals surface area contributed by atoms with Crippen molar-refractivity contribution < 1.29 is 9.53 Å². The van der Waals surface area contributed by atoms with Gasteiger partial charge in [0.05, 0.1) is 12.2 Å². The van der Waals surface area contributed by atoms with Crippen LogP contribution in [0.2, 0.25) is 0 Å². The minimum atomic E-state index is 0.211. The summed E-state index contributed by atoms with van der Waals surface area (Å²) >= 11 is 0. The lowest BCUT2D eigenvalue weighted by Gasteiger charge is -2.09. The molecule has 0 spiro atoms. The lowest BCUT2D eigenvalue weighted by molar-refractivity contribution is -0.122. The van der Waals surface area contributed by atoms with Crippen LogP contribution in [0.5, 0.6) is 0 Å². The van der Waals surface area contributed by atoms with Crippen molar-refractivity contribution in [3.8, 4) is 0 Å². The molecule has 0 N–H and O–H groups in total. The maximum absolute atomic E-state index is 11.5. The van der Waals surface area contributed by atoms with Crippen molar-refractivity contribution in [2.75, 3.05) is 0 Å². The maximum Gasteiger partial charge on any atom is 0.135 e. The number of hydrogen-bond acceptors (Lipinski definition) is 2. The number of unbranched alkanes of at least 4 members (excludes halogenated alkanes) is 7. The summed E-state index contributed by atoms with van der Waals surface area (Å²) in [5.74, 6) is 1.46. The van der Waals surface area contributed by atoms with E-state index in [1.807, 2.05) is 13.8 Å². The van der Waals surface area contributed by atoms with E-state index in [9.17, 15) is 4.79 Å². The lowest BCUT2D eigenvalue weighted by atomic mass is 9.96. The fourth-order valence-corrected chi connectivity index (χ4v) is 3.54. The zero-order valence-electron chi connectivity index (χ0n) is 16.8. The Hall–Kier alpha value is -0.370. The van der Waals surface area contributed by atoms with Crippen LogP contribution in [0.25, 0.3) is 0 Å². The zero-order valence-corrected chi connectivity index (χ0v) is 16.8. The summed E-state index contributed by atoms with van der Waals surface area (Å²) < 4.78 is 5.86. The van der Waals surface area contributed by atoms with E-state index in [0.29, 0.717) is 18.0 Å². The first-order valence-electron chi connectivity index (χ1n) is 10.7. The molecular weight excluding hydrogens is 296 g/mol. The molecule has 0 aliphatic carbocycles. The van der Waals surface area contributed by atoms with Crippen molar-refractivity contribution in [2.24, 2.45) is 11.8 Å². The molecule has 1 fully saturated rings. The Kier molecular flexibility index (Phi) is 11.7. The highest BCUT2D eigenvalue weighted by molar-refractivity contribution is 5.80. The first kappa shape index (κ1) is 21.7. The van der Waals surface area contributed by atoms with Gasteiger partial charge in [0, 0.05) is 12.3 Å². The lowest BCUT2D eigenvalue weighted by Crippen LogP contribution is -2.06. The predicted octanol–water partition coefficient (Wildman–Crippen LogP) is 6.71. The van der Waals surface area contributed by atoms with Gasteiger partial charge in [-0.05, 0) is 25.2 Å². The van der Waals surface area contributed by atoms with Gasteiger partial charge in [-0.25, -0.2) is 0 Å². The third kappa shape index (κ3) is 10.5. The molecule has 0 bridgehead atoms. The van der Waals surface area contributed by atoms with Crippen LogP contribution in [-0.2, 0) is 9.53 Å². The number of ketones is 1. The van der Waals surface area contributed by atoms with E-state index in [2.05, 4.69) is 13.8 Å². The van der Waals surface area contributed by atoms with E-state index in [1.165, 1.54) is 70.6 Å². The number of carbonyl (C=O) groups excluding carboxylic acids is 1. The SMILES string of the molecule is CCCCCCC(C)CC1OC1CCCCCCCC(=O)C(C)C. The fraction of sp³-hybridized carbons (Fsp3) is 0.955. The van der Waals surface area contributed by atoms with E-state index >= 15 is 0 Å². The quantitative estimate of drug-likeness (QED) is 0.231. The molecular formula is C22H42O2. The Balaban J connectivity index is 1.87. The Morgan fingerprint density at radius 1 is 0.875 bits per heavy atom. The monoisotopic (exact) mass is 338 g/mol. The normalized spacial score (nSPS) is 21.2. The van der Waals surface area contributed by atoms with Gasteiger partial charge < -0.3 is 4.74 Å². The maximum atomic E-state index is 11.5. The van der Waals surface area contributed by atoms with Gasteiger partial charge in [0.15, 0.2) is 0 Å². The average molecular weight is 339 g/mol.